The van der Waals surface area contributed by atoms with Crippen molar-refractivity contribution >= 4 is 0 Å². The molecule has 0 aromatic rings. The zero-order chi connectivity index (χ0) is 13.0. The van der Waals surface area contributed by atoms with Gasteiger partial charge in [0.15, 0.2) is 0 Å². The molecule has 2 nitrogen and oxygen atoms in total. The van der Waals surface area contributed by atoms with Crippen LogP contribution >= 0.6 is 0 Å². The Kier molecular flexibility index (Phi) is 5.50. The zero-order valence-corrected chi connectivity index (χ0v) is 12.6. The molecule has 0 amide bonds. The van der Waals surface area contributed by atoms with Crippen molar-refractivity contribution in [1.29, 1.82) is 0 Å². The maximum absolute atomic E-state index is 3.70. The fourth-order valence-electron chi connectivity index (χ4n) is 3.97. The molecule has 3 atom stereocenters. The van der Waals surface area contributed by atoms with Gasteiger partial charge in [0.2, 0.25) is 0 Å². The normalized spacial score (nSPS) is 35.7. The van der Waals surface area contributed by atoms with Crippen LogP contribution in [0.25, 0.3) is 0 Å². The lowest BCUT2D eigenvalue weighted by atomic mass is 9.77. The predicted molar refractivity (Wildman–Crippen MR) is 78.9 cm³/mol. The topological polar surface area (TPSA) is 15.3 Å². The number of nitrogens with zero attached hydrogens (tertiary/aromatic N) is 1. The van der Waals surface area contributed by atoms with E-state index in [2.05, 4.69) is 31.0 Å². The predicted octanol–water partition coefficient (Wildman–Crippen LogP) is 3.28. The highest BCUT2D eigenvalue weighted by molar-refractivity contribution is 4.88. The van der Waals surface area contributed by atoms with Crippen LogP contribution in [0.15, 0.2) is 0 Å². The van der Waals surface area contributed by atoms with E-state index in [1.807, 2.05) is 0 Å². The summed E-state index contributed by atoms with van der Waals surface area (Å²) >= 11 is 0. The summed E-state index contributed by atoms with van der Waals surface area (Å²) in [5.41, 5.74) is 0. The molecular weight excluding hydrogens is 220 g/mol. The molecule has 0 aromatic heterocycles. The molecule has 2 fully saturated rings. The quantitative estimate of drug-likeness (QED) is 0.829. The second-order valence-corrected chi connectivity index (χ2v) is 6.67. The van der Waals surface area contributed by atoms with E-state index in [-0.39, 0.29) is 0 Å². The molecule has 3 unspecified atom stereocenters. The Hall–Kier alpha value is -0.0800. The maximum atomic E-state index is 3.70. The van der Waals surface area contributed by atoms with E-state index in [4.69, 9.17) is 0 Å². The van der Waals surface area contributed by atoms with Gasteiger partial charge in [-0.25, -0.2) is 0 Å². The molecule has 106 valence electrons. The summed E-state index contributed by atoms with van der Waals surface area (Å²) in [5.74, 6) is 1.79. The van der Waals surface area contributed by atoms with E-state index >= 15 is 0 Å². The Balaban J connectivity index is 2.01. The summed E-state index contributed by atoms with van der Waals surface area (Å²) in [6.07, 6.45) is 8.42. The standard InChI is InChI=1S/C16H32N2/c1-4-14-12-18(11-7-10-17-14)16-9-6-5-8-15(16)13(2)3/h13-17H,4-12H2,1-3H3. The number of hydrogen-bond acceptors (Lipinski definition) is 2. The monoisotopic (exact) mass is 252 g/mol. The molecule has 0 radical (unpaired) electrons. The van der Waals surface area contributed by atoms with E-state index in [9.17, 15) is 0 Å². The van der Waals surface area contributed by atoms with Gasteiger partial charge in [-0.05, 0) is 50.6 Å². The lowest BCUT2D eigenvalue weighted by Crippen LogP contribution is -2.48. The van der Waals surface area contributed by atoms with Gasteiger partial charge in [-0.2, -0.15) is 0 Å². The Bertz CT molecular complexity index is 239. The van der Waals surface area contributed by atoms with Crippen LogP contribution in [0, 0.1) is 11.8 Å². The van der Waals surface area contributed by atoms with E-state index in [0.717, 1.165) is 23.9 Å². The minimum atomic E-state index is 0.724. The molecule has 0 bridgehead atoms. The summed E-state index contributed by atoms with van der Waals surface area (Å²) in [6, 6.07) is 1.59. The molecule has 2 heteroatoms. The highest BCUT2D eigenvalue weighted by atomic mass is 15.2. The minimum absolute atomic E-state index is 0.724. The molecule has 18 heavy (non-hydrogen) atoms. The Morgan fingerprint density at radius 2 is 1.94 bits per heavy atom. The largest absolute Gasteiger partial charge is 0.313 e. The lowest BCUT2D eigenvalue weighted by molar-refractivity contribution is 0.0768. The van der Waals surface area contributed by atoms with Crippen molar-refractivity contribution in [2.24, 2.45) is 11.8 Å². The van der Waals surface area contributed by atoms with Crippen LogP contribution in [0.1, 0.15) is 59.3 Å². The van der Waals surface area contributed by atoms with E-state index < -0.39 is 0 Å². The molecule has 2 rings (SSSR count). The van der Waals surface area contributed by atoms with Crippen LogP contribution in [-0.2, 0) is 0 Å². The van der Waals surface area contributed by atoms with Gasteiger partial charge < -0.3 is 5.32 Å². The third kappa shape index (κ3) is 3.48. The van der Waals surface area contributed by atoms with Gasteiger partial charge in [-0.3, -0.25) is 4.90 Å². The molecule has 1 N–H and O–H groups in total. The molecular formula is C16H32N2. The first-order chi connectivity index (χ1) is 8.72. The van der Waals surface area contributed by atoms with Gasteiger partial charge >= 0.3 is 0 Å². The number of nitrogens with one attached hydrogen (secondary N) is 1. The van der Waals surface area contributed by atoms with Crippen LogP contribution in [0.3, 0.4) is 0 Å². The van der Waals surface area contributed by atoms with E-state index in [0.29, 0.717) is 0 Å². The summed E-state index contributed by atoms with van der Waals surface area (Å²) < 4.78 is 0. The molecule has 1 saturated heterocycles. The maximum Gasteiger partial charge on any atom is 0.0192 e. The smallest absolute Gasteiger partial charge is 0.0192 e. The van der Waals surface area contributed by atoms with E-state index in [1.54, 1.807) is 0 Å². The molecule has 1 saturated carbocycles. The fourth-order valence-corrected chi connectivity index (χ4v) is 3.97. The Morgan fingerprint density at radius 1 is 1.17 bits per heavy atom. The average Bonchev–Trinajstić information content (AvgIpc) is 2.64. The summed E-state index contributed by atoms with van der Waals surface area (Å²) in [7, 11) is 0. The molecule has 1 heterocycles. The van der Waals surface area contributed by atoms with Gasteiger partial charge in [-0.1, -0.05) is 33.6 Å². The first kappa shape index (κ1) is 14.3. The Morgan fingerprint density at radius 3 is 2.67 bits per heavy atom. The van der Waals surface area contributed by atoms with Gasteiger partial charge in [0.25, 0.3) is 0 Å². The van der Waals surface area contributed by atoms with Crippen molar-refractivity contribution in [3.63, 3.8) is 0 Å². The van der Waals surface area contributed by atoms with Gasteiger partial charge in [0, 0.05) is 18.6 Å². The van der Waals surface area contributed by atoms with Gasteiger partial charge in [-0.15, -0.1) is 0 Å². The van der Waals surface area contributed by atoms with Crippen molar-refractivity contribution in [2.75, 3.05) is 19.6 Å². The van der Waals surface area contributed by atoms with Crippen molar-refractivity contribution in [3.05, 3.63) is 0 Å². The van der Waals surface area contributed by atoms with Crippen LogP contribution in [0.5, 0.6) is 0 Å². The summed E-state index contributed by atoms with van der Waals surface area (Å²) in [4.78, 5) is 2.83. The van der Waals surface area contributed by atoms with Crippen LogP contribution in [0.2, 0.25) is 0 Å². The molecule has 0 spiro atoms. The van der Waals surface area contributed by atoms with Crippen molar-refractivity contribution in [2.45, 2.75) is 71.4 Å². The van der Waals surface area contributed by atoms with Crippen LogP contribution in [0.4, 0.5) is 0 Å². The fraction of sp³-hybridized carbons (Fsp3) is 1.00. The van der Waals surface area contributed by atoms with Gasteiger partial charge in [0.05, 0.1) is 0 Å². The zero-order valence-electron chi connectivity index (χ0n) is 12.6. The van der Waals surface area contributed by atoms with E-state index in [1.165, 1.54) is 58.2 Å². The van der Waals surface area contributed by atoms with Gasteiger partial charge in [0.1, 0.15) is 0 Å². The van der Waals surface area contributed by atoms with Crippen molar-refractivity contribution < 1.29 is 0 Å². The Labute approximate surface area is 114 Å². The first-order valence-corrected chi connectivity index (χ1v) is 8.19. The minimum Gasteiger partial charge on any atom is -0.313 e. The first-order valence-electron chi connectivity index (χ1n) is 8.19. The summed E-state index contributed by atoms with van der Waals surface area (Å²) in [6.45, 7) is 11.0. The van der Waals surface area contributed by atoms with Crippen molar-refractivity contribution in [3.8, 4) is 0 Å². The highest BCUT2D eigenvalue weighted by Gasteiger charge is 2.33. The van der Waals surface area contributed by atoms with Crippen LogP contribution in [-0.4, -0.2) is 36.6 Å². The SMILES string of the molecule is CCC1CN(C2CCCCC2C(C)C)CCCN1. The highest BCUT2D eigenvalue weighted by Crippen LogP contribution is 2.34. The summed E-state index contributed by atoms with van der Waals surface area (Å²) in [5, 5.41) is 3.70. The number of hydrogen-bond donors (Lipinski definition) is 1. The molecule has 1 aliphatic heterocycles. The molecule has 0 aromatic carbocycles. The second kappa shape index (κ2) is 6.91. The molecule has 2 aliphatic rings. The van der Waals surface area contributed by atoms with Crippen molar-refractivity contribution in [1.82, 2.24) is 10.2 Å². The third-order valence-electron chi connectivity index (χ3n) is 5.11. The molecule has 1 aliphatic carbocycles. The second-order valence-electron chi connectivity index (χ2n) is 6.67. The number of rotatable bonds is 3. The van der Waals surface area contributed by atoms with Crippen LogP contribution < -0.4 is 5.32 Å². The third-order valence-corrected chi connectivity index (χ3v) is 5.11. The average molecular weight is 252 g/mol. The lowest BCUT2D eigenvalue weighted by Gasteiger charge is -2.42.